The third-order valence-corrected chi connectivity index (χ3v) is 4.44. The molecule has 0 radical (unpaired) electrons. The normalized spacial score (nSPS) is 11.7. The maximum Gasteiger partial charge on any atom is 0.0790 e. The van der Waals surface area contributed by atoms with Crippen molar-refractivity contribution in [2.24, 2.45) is 17.2 Å². The second kappa shape index (κ2) is 15.9. The van der Waals surface area contributed by atoms with Crippen LogP contribution < -0.4 is 22.5 Å². The van der Waals surface area contributed by atoms with E-state index in [1.807, 2.05) is 32.0 Å². The zero-order valence-electron chi connectivity index (χ0n) is 18.1. The Balaban J connectivity index is 0.00000184. The Morgan fingerprint density at radius 1 is 1.07 bits per heavy atom. The largest absolute Gasteiger partial charge is 0.403 e. The minimum Gasteiger partial charge on any atom is -0.403 e. The van der Waals surface area contributed by atoms with E-state index < -0.39 is 6.17 Å². The SMILES string of the molecule is CC.CCCC/C(=C/N)NC(C)c1ccc(-c2ccccc2C(N)N)cc1.OS. The summed E-state index contributed by atoms with van der Waals surface area (Å²) in [6, 6.07) is 16.7. The molecule has 0 fully saturated rings. The van der Waals surface area contributed by atoms with Crippen LogP contribution in [0.5, 0.6) is 0 Å². The summed E-state index contributed by atoms with van der Waals surface area (Å²) in [5.74, 6) is 0. The molecule has 0 aliphatic rings. The van der Waals surface area contributed by atoms with E-state index in [4.69, 9.17) is 21.8 Å². The smallest absolute Gasteiger partial charge is 0.0790 e. The molecular weight excluding hydrogens is 380 g/mol. The van der Waals surface area contributed by atoms with Crippen molar-refractivity contribution >= 4 is 12.9 Å². The summed E-state index contributed by atoms with van der Waals surface area (Å²) in [7, 11) is 0. The van der Waals surface area contributed by atoms with E-state index in [1.54, 1.807) is 6.20 Å². The predicted molar refractivity (Wildman–Crippen MR) is 129 cm³/mol. The van der Waals surface area contributed by atoms with Crippen LogP contribution in [0.1, 0.15) is 70.3 Å². The van der Waals surface area contributed by atoms with Gasteiger partial charge < -0.3 is 27.1 Å². The van der Waals surface area contributed by atoms with Gasteiger partial charge in [0.2, 0.25) is 0 Å². The topological polar surface area (TPSA) is 110 Å². The summed E-state index contributed by atoms with van der Waals surface area (Å²) in [5.41, 5.74) is 23.0. The van der Waals surface area contributed by atoms with Gasteiger partial charge in [0, 0.05) is 17.9 Å². The fourth-order valence-corrected chi connectivity index (χ4v) is 2.93. The Bertz CT molecular complexity index is 702. The maximum atomic E-state index is 6.69. The van der Waals surface area contributed by atoms with Gasteiger partial charge >= 0.3 is 0 Å². The first-order valence-corrected chi connectivity index (χ1v) is 10.5. The molecule has 0 aliphatic carbocycles. The zero-order chi connectivity index (χ0) is 22.2. The van der Waals surface area contributed by atoms with Crippen molar-refractivity contribution in [3.8, 4) is 11.1 Å². The van der Waals surface area contributed by atoms with E-state index in [0.29, 0.717) is 0 Å². The summed E-state index contributed by atoms with van der Waals surface area (Å²) < 4.78 is 6.69. The van der Waals surface area contributed by atoms with Crippen LogP contribution in [0.15, 0.2) is 60.4 Å². The number of allylic oxidation sites excluding steroid dienone is 1. The van der Waals surface area contributed by atoms with Crippen LogP contribution in [0.2, 0.25) is 0 Å². The molecule has 0 bridgehead atoms. The van der Waals surface area contributed by atoms with Gasteiger partial charge in [0.1, 0.15) is 0 Å². The quantitative estimate of drug-likeness (QED) is 0.197. The third-order valence-electron chi connectivity index (χ3n) is 4.44. The Morgan fingerprint density at radius 3 is 2.17 bits per heavy atom. The van der Waals surface area contributed by atoms with Gasteiger partial charge in [0.05, 0.1) is 6.17 Å². The number of hydrogen-bond donors (Lipinski definition) is 6. The van der Waals surface area contributed by atoms with Crippen LogP contribution in [-0.4, -0.2) is 4.55 Å². The third kappa shape index (κ3) is 8.92. The van der Waals surface area contributed by atoms with E-state index in [2.05, 4.69) is 62.4 Å². The number of thiol groups is 1. The van der Waals surface area contributed by atoms with Crippen LogP contribution in [0.3, 0.4) is 0 Å². The molecule has 1 atom stereocenters. The van der Waals surface area contributed by atoms with Crippen molar-refractivity contribution < 1.29 is 4.55 Å². The van der Waals surface area contributed by atoms with Gasteiger partial charge in [-0.15, -0.1) is 0 Å². The lowest BCUT2D eigenvalue weighted by Crippen LogP contribution is -2.20. The molecule has 0 spiro atoms. The number of unbranched alkanes of at least 4 members (excludes halogenated alkanes) is 1. The molecule has 0 saturated heterocycles. The fourth-order valence-electron chi connectivity index (χ4n) is 2.93. The van der Waals surface area contributed by atoms with Crippen molar-refractivity contribution in [1.82, 2.24) is 5.32 Å². The lowest BCUT2D eigenvalue weighted by Gasteiger charge is -2.19. The van der Waals surface area contributed by atoms with Crippen molar-refractivity contribution in [2.75, 3.05) is 0 Å². The number of rotatable bonds is 8. The first kappa shape index (κ1) is 27.0. The first-order chi connectivity index (χ1) is 14.1. The zero-order valence-corrected chi connectivity index (χ0v) is 19.0. The molecular formula is C23H38N4OS. The van der Waals surface area contributed by atoms with Gasteiger partial charge in [-0.2, -0.15) is 0 Å². The molecule has 1 unspecified atom stereocenters. The average molecular weight is 419 g/mol. The van der Waals surface area contributed by atoms with E-state index in [0.717, 1.165) is 41.6 Å². The highest BCUT2D eigenvalue weighted by molar-refractivity contribution is 7.74. The molecule has 2 aromatic carbocycles. The van der Waals surface area contributed by atoms with Crippen molar-refractivity contribution in [2.45, 2.75) is 59.2 Å². The first-order valence-electron chi connectivity index (χ1n) is 10.1. The Morgan fingerprint density at radius 2 is 1.66 bits per heavy atom. The lowest BCUT2D eigenvalue weighted by atomic mass is 9.96. The number of nitrogens with two attached hydrogens (primary N) is 3. The molecule has 8 N–H and O–H groups in total. The molecule has 5 nitrogen and oxygen atoms in total. The summed E-state index contributed by atoms with van der Waals surface area (Å²) in [6.45, 7) is 8.33. The van der Waals surface area contributed by atoms with Gasteiger partial charge in [0.15, 0.2) is 0 Å². The van der Waals surface area contributed by atoms with Crippen molar-refractivity contribution in [3.05, 3.63) is 71.6 Å². The molecule has 0 amide bonds. The fraction of sp³-hybridized carbons (Fsp3) is 0.391. The summed E-state index contributed by atoms with van der Waals surface area (Å²) in [6.07, 6.45) is 4.48. The lowest BCUT2D eigenvalue weighted by molar-refractivity contribution is 0.611. The molecule has 2 aromatic rings. The minimum absolute atomic E-state index is 0.202. The number of benzene rings is 2. The van der Waals surface area contributed by atoms with Gasteiger partial charge in [-0.05, 0) is 54.9 Å². The summed E-state index contributed by atoms with van der Waals surface area (Å²) in [5, 5.41) is 3.50. The molecule has 0 aromatic heterocycles. The van der Waals surface area contributed by atoms with Crippen LogP contribution >= 0.6 is 12.9 Å². The van der Waals surface area contributed by atoms with Crippen LogP contribution in [0, 0.1) is 0 Å². The van der Waals surface area contributed by atoms with Crippen LogP contribution in [0.4, 0.5) is 0 Å². The highest BCUT2D eigenvalue weighted by Crippen LogP contribution is 2.27. The van der Waals surface area contributed by atoms with Gasteiger partial charge in [-0.1, -0.05) is 75.7 Å². The van der Waals surface area contributed by atoms with Crippen LogP contribution in [-0.2, 0) is 0 Å². The highest BCUT2D eigenvalue weighted by atomic mass is 32.1. The monoisotopic (exact) mass is 418 g/mol. The van der Waals surface area contributed by atoms with Crippen molar-refractivity contribution in [1.29, 1.82) is 0 Å². The average Bonchev–Trinajstić information content (AvgIpc) is 2.79. The van der Waals surface area contributed by atoms with Gasteiger partial charge in [0.25, 0.3) is 0 Å². The van der Waals surface area contributed by atoms with E-state index in [1.165, 1.54) is 5.56 Å². The highest BCUT2D eigenvalue weighted by Gasteiger charge is 2.10. The van der Waals surface area contributed by atoms with Crippen LogP contribution in [0.25, 0.3) is 11.1 Å². The molecule has 6 heteroatoms. The second-order valence-electron chi connectivity index (χ2n) is 6.40. The number of nitrogens with one attached hydrogen (secondary N) is 1. The van der Waals surface area contributed by atoms with Gasteiger partial charge in [-0.3, -0.25) is 0 Å². The second-order valence-corrected chi connectivity index (χ2v) is 6.40. The van der Waals surface area contributed by atoms with E-state index >= 15 is 0 Å². The Labute approximate surface area is 182 Å². The molecule has 0 saturated carbocycles. The maximum absolute atomic E-state index is 6.69. The molecule has 29 heavy (non-hydrogen) atoms. The van der Waals surface area contributed by atoms with E-state index in [-0.39, 0.29) is 6.04 Å². The predicted octanol–water partition coefficient (Wildman–Crippen LogP) is 5.33. The summed E-state index contributed by atoms with van der Waals surface area (Å²) >= 11 is 2.53. The summed E-state index contributed by atoms with van der Waals surface area (Å²) in [4.78, 5) is 0. The standard InChI is InChI=1S/C21H30N4.C2H6.H2OS/c1-3-4-7-18(14-22)25-15(2)16-10-12-17(13-11-16)19-8-5-6-9-20(19)21(23)24;2*1-2/h5-6,8-15,21,25H,3-4,7,22-24H2,1-2H3;1-2H3;1-2H/b18-14-;;. The Kier molecular flexibility index (Phi) is 14.8. The van der Waals surface area contributed by atoms with E-state index in [9.17, 15) is 0 Å². The molecule has 162 valence electrons. The van der Waals surface area contributed by atoms with Crippen molar-refractivity contribution in [3.63, 3.8) is 0 Å². The molecule has 0 heterocycles. The number of hydrogen-bond acceptors (Lipinski definition) is 6. The Hall–Kier alpha value is -1.99. The molecule has 0 aliphatic heterocycles. The minimum atomic E-state index is -0.479. The van der Waals surface area contributed by atoms with Gasteiger partial charge in [-0.25, -0.2) is 0 Å². The molecule has 2 rings (SSSR count).